The number of nitrogens with one attached hydrogen (secondary N) is 1. The molecule has 0 saturated heterocycles. The van der Waals surface area contributed by atoms with Crippen LogP contribution in [0.5, 0.6) is 0 Å². The van der Waals surface area contributed by atoms with E-state index in [9.17, 15) is 44.4 Å². The van der Waals surface area contributed by atoms with E-state index in [2.05, 4.69) is 5.32 Å². The Balaban J connectivity index is 8.43. The lowest BCUT2D eigenvalue weighted by atomic mass is 9.64. The summed E-state index contributed by atoms with van der Waals surface area (Å²) in [6, 6.07) is -1.33. The van der Waals surface area contributed by atoms with Crippen molar-refractivity contribution in [1.29, 1.82) is 0 Å². The number of carboxylic acids is 1. The van der Waals surface area contributed by atoms with Crippen LogP contribution in [0.1, 0.15) is 71.8 Å². The van der Waals surface area contributed by atoms with E-state index >= 15 is 4.79 Å². The summed E-state index contributed by atoms with van der Waals surface area (Å²) < 4.78 is 23.8. The molecule has 13 nitrogen and oxygen atoms in total. The number of likely N-dealkylation sites (N-methyl/N-ethyl adjacent to an activating group) is 3. The van der Waals surface area contributed by atoms with Crippen LogP contribution >= 0.6 is 0 Å². The maximum Gasteiger partial charge on any atom is 0.343 e. The Morgan fingerprint density at radius 3 is 1.74 bits per heavy atom. The zero-order chi connectivity index (χ0) is 33.4. The van der Waals surface area contributed by atoms with Crippen molar-refractivity contribution in [3.05, 3.63) is 0 Å². The first kappa shape index (κ1) is 30.8. The van der Waals surface area contributed by atoms with Gasteiger partial charge in [0.05, 0.1) is 6.04 Å². The van der Waals surface area contributed by atoms with E-state index < -0.39 is 97.1 Å². The zero-order valence-corrected chi connectivity index (χ0v) is 23.7. The fourth-order valence-electron chi connectivity index (χ4n) is 4.36. The number of nitrogens with zero attached hydrogens (tertiary/aromatic N) is 2. The molecule has 7 atom stereocenters. The SMILES string of the molecule is [2H]CN[C@@H](CCC)C(=O)[C@](C)(C(=O)[C@@](C(=O)[C@@](C)(O)C(=O)O)([C@H](C)CC)N(C[2H])C(=O)[C@H](C)O)N(C[2H])C(=O)[C@H](C)O. The van der Waals surface area contributed by atoms with Crippen LogP contribution in [-0.2, 0) is 28.8 Å². The third-order valence-corrected chi connectivity index (χ3v) is 7.15. The monoisotopic (exact) mass is 562 g/mol. The van der Waals surface area contributed by atoms with Crippen LogP contribution in [0.15, 0.2) is 0 Å². The Labute approximate surface area is 233 Å². The Hall–Kier alpha value is -2.74. The normalized spacial score (nSPS) is 20.2. The number of carbonyl (C=O) groups excluding carboxylic acids is 5. The summed E-state index contributed by atoms with van der Waals surface area (Å²) in [5.74, 6) is -10.9. The van der Waals surface area contributed by atoms with Gasteiger partial charge in [-0.3, -0.25) is 24.0 Å². The number of aliphatic carboxylic acids is 1. The third-order valence-electron chi connectivity index (χ3n) is 7.15. The number of rotatable bonds is 16. The Morgan fingerprint density at radius 1 is 0.897 bits per heavy atom. The topological polar surface area (TPSA) is 202 Å². The van der Waals surface area contributed by atoms with Gasteiger partial charge in [-0.05, 0) is 47.1 Å². The molecule has 0 aromatic carbocycles. The van der Waals surface area contributed by atoms with Crippen LogP contribution in [0.4, 0.5) is 0 Å². The largest absolute Gasteiger partial charge is 0.479 e. The molecule has 13 heteroatoms. The number of hydrogen-bond donors (Lipinski definition) is 5. The lowest BCUT2D eigenvalue weighted by Crippen LogP contribution is -2.78. The van der Waals surface area contributed by atoms with E-state index in [1.54, 1.807) is 6.92 Å². The van der Waals surface area contributed by atoms with Gasteiger partial charge in [0.2, 0.25) is 11.4 Å². The molecule has 0 rings (SSSR count). The number of aliphatic hydroxyl groups excluding tert-OH is 2. The van der Waals surface area contributed by atoms with E-state index in [0.29, 0.717) is 18.2 Å². The molecule has 0 aliphatic rings. The maximum atomic E-state index is 15.1. The second-order valence-electron chi connectivity index (χ2n) is 9.98. The second kappa shape index (κ2) is 13.6. The molecule has 0 aliphatic carbocycles. The van der Waals surface area contributed by atoms with Crippen molar-refractivity contribution in [2.24, 2.45) is 5.92 Å². The van der Waals surface area contributed by atoms with Crippen LogP contribution < -0.4 is 5.32 Å². The van der Waals surface area contributed by atoms with E-state index in [1.165, 1.54) is 13.8 Å². The fourth-order valence-corrected chi connectivity index (χ4v) is 4.36. The van der Waals surface area contributed by atoms with Crippen LogP contribution in [0, 0.1) is 5.92 Å². The number of amides is 2. The van der Waals surface area contributed by atoms with Gasteiger partial charge in [-0.25, -0.2) is 4.79 Å². The van der Waals surface area contributed by atoms with Crippen LogP contribution in [0.3, 0.4) is 0 Å². The van der Waals surface area contributed by atoms with Crippen molar-refractivity contribution in [3.8, 4) is 0 Å². The van der Waals surface area contributed by atoms with Gasteiger partial charge in [-0.15, -0.1) is 0 Å². The van der Waals surface area contributed by atoms with Crippen LogP contribution in [0.25, 0.3) is 0 Å². The summed E-state index contributed by atoms with van der Waals surface area (Å²) in [5.41, 5.74) is -9.46. The summed E-state index contributed by atoms with van der Waals surface area (Å²) >= 11 is 0. The standard InChI is InChI=1S/C26H45N3O10/c1-11-13-17(27-8)18(32)24(6,28(9)19(33)15(4)30)21(35)26(14(3)12-2,29(10)20(34)16(5)31)22(36)25(7,39)23(37)38/h14-17,27,30-31,39H,11-13H2,1-10H3,(H,37,38)/t14-,15+,16+,17+,24-,25-,26-/m1/s1/i8D,9D,10D. The van der Waals surface area contributed by atoms with Gasteiger partial charge < -0.3 is 35.5 Å². The molecular formula is C26H45N3O10. The highest BCUT2D eigenvalue weighted by Crippen LogP contribution is 2.39. The summed E-state index contributed by atoms with van der Waals surface area (Å²) in [6.07, 6.45) is -3.68. The van der Waals surface area contributed by atoms with Gasteiger partial charge in [0.25, 0.3) is 11.8 Å². The molecule has 0 aromatic rings. The Kier molecular flexibility index (Phi) is 10.7. The van der Waals surface area contributed by atoms with E-state index in [4.69, 9.17) is 4.11 Å². The predicted molar refractivity (Wildman–Crippen MR) is 141 cm³/mol. The average Bonchev–Trinajstić information content (AvgIpc) is 2.93. The molecule has 0 fully saturated rings. The number of carboxylic acid groups (broad SMARTS) is 1. The Bertz CT molecular complexity index is 1020. The predicted octanol–water partition coefficient (Wildman–Crippen LogP) is -0.861. The fraction of sp³-hybridized carbons (Fsp3) is 0.769. The molecule has 0 unspecified atom stereocenters. The molecule has 2 amide bonds. The molecule has 0 aliphatic heterocycles. The molecule has 0 radical (unpaired) electrons. The van der Waals surface area contributed by atoms with Gasteiger partial charge in [0.1, 0.15) is 12.2 Å². The first-order valence-corrected chi connectivity index (χ1v) is 12.5. The van der Waals surface area contributed by atoms with Crippen molar-refractivity contribution >= 4 is 35.1 Å². The smallest absolute Gasteiger partial charge is 0.343 e. The summed E-state index contributed by atoms with van der Waals surface area (Å²) in [7, 11) is -2.91. The van der Waals surface area contributed by atoms with Crippen molar-refractivity contribution in [2.45, 2.75) is 103 Å². The molecule has 0 heterocycles. The number of hydrogen-bond acceptors (Lipinski definition) is 10. The average molecular weight is 563 g/mol. The number of ketones is 3. The van der Waals surface area contributed by atoms with Crippen LogP contribution in [-0.4, -0.2) is 121 Å². The van der Waals surface area contributed by atoms with Gasteiger partial charge in [-0.2, -0.15) is 0 Å². The molecular weight excluding hydrogens is 514 g/mol. The highest BCUT2D eigenvalue weighted by Gasteiger charge is 2.67. The number of aliphatic hydroxyl groups is 3. The highest BCUT2D eigenvalue weighted by atomic mass is 16.4. The highest BCUT2D eigenvalue weighted by molar-refractivity contribution is 6.30. The van der Waals surface area contributed by atoms with Crippen molar-refractivity contribution in [3.63, 3.8) is 0 Å². The second-order valence-corrected chi connectivity index (χ2v) is 9.98. The third kappa shape index (κ3) is 6.37. The van der Waals surface area contributed by atoms with Crippen LogP contribution in [0.2, 0.25) is 0 Å². The van der Waals surface area contributed by atoms with Gasteiger partial charge in [-0.1, -0.05) is 33.6 Å². The van der Waals surface area contributed by atoms with E-state index in [-0.39, 0.29) is 17.7 Å². The molecule has 0 bridgehead atoms. The minimum Gasteiger partial charge on any atom is -0.479 e. The van der Waals surface area contributed by atoms with Crippen molar-refractivity contribution in [2.75, 3.05) is 21.1 Å². The minimum absolute atomic E-state index is 0.00117. The molecule has 39 heavy (non-hydrogen) atoms. The quantitative estimate of drug-likeness (QED) is 0.147. The van der Waals surface area contributed by atoms with Gasteiger partial charge >= 0.3 is 5.97 Å². The first-order chi connectivity index (χ1) is 19.3. The maximum absolute atomic E-state index is 15.1. The summed E-state index contributed by atoms with van der Waals surface area (Å²) in [5, 5.41) is 43.5. The molecule has 0 spiro atoms. The molecule has 224 valence electrons. The lowest BCUT2D eigenvalue weighted by Gasteiger charge is -2.51. The molecule has 5 N–H and O–H groups in total. The molecule has 0 aromatic heterocycles. The van der Waals surface area contributed by atoms with Gasteiger partial charge in [0, 0.05) is 18.2 Å². The number of carbonyl (C=O) groups is 6. The first-order valence-electron chi connectivity index (χ1n) is 14.6. The summed E-state index contributed by atoms with van der Waals surface area (Å²) in [6.45, 7) is 7.72. The van der Waals surface area contributed by atoms with Crippen molar-refractivity contribution < 1.29 is 53.3 Å². The minimum atomic E-state index is -3.39. The molecule has 0 saturated carbocycles. The number of Topliss-reactive ketones (excluding diaryl/α,β-unsaturated/α-hetero) is 3. The van der Waals surface area contributed by atoms with E-state index in [1.807, 2.05) is 0 Å². The lowest BCUT2D eigenvalue weighted by molar-refractivity contribution is -0.180. The van der Waals surface area contributed by atoms with Crippen molar-refractivity contribution in [1.82, 2.24) is 15.1 Å². The Morgan fingerprint density at radius 2 is 1.38 bits per heavy atom. The van der Waals surface area contributed by atoms with E-state index in [0.717, 1.165) is 20.8 Å². The van der Waals surface area contributed by atoms with Gasteiger partial charge in [0.15, 0.2) is 22.6 Å². The zero-order valence-electron chi connectivity index (χ0n) is 26.7. The summed E-state index contributed by atoms with van der Waals surface area (Å²) in [4.78, 5) is 82.8.